The Morgan fingerprint density at radius 1 is 1.10 bits per heavy atom. The molecule has 0 bridgehead atoms. The van der Waals surface area contributed by atoms with Gasteiger partial charge in [0.25, 0.3) is 0 Å². The molecule has 0 rings (SSSR count). The van der Waals surface area contributed by atoms with Crippen molar-refractivity contribution in [3.63, 3.8) is 0 Å². The molecule has 0 spiro atoms. The molecule has 0 aliphatic carbocycles. The van der Waals surface area contributed by atoms with Gasteiger partial charge in [0.1, 0.15) is 0 Å². The molecule has 0 fully saturated rings. The summed E-state index contributed by atoms with van der Waals surface area (Å²) in [5, 5.41) is 8.53. The standard InChI is InChI=1S/5BrH.Ir.K.HNO2.H/c;;;;;;;2-1-3;/h5*1H;;;(H,2,3);/q;;;;;+6;;;/p-5. The van der Waals surface area contributed by atoms with Crippen molar-refractivity contribution in [3.05, 3.63) is 4.91 Å². The molecule has 0 saturated heterocycles. The third-order valence-electron chi connectivity index (χ3n) is 0.241. The van der Waals surface area contributed by atoms with E-state index in [1.807, 2.05) is 0 Å². The molecule has 0 saturated carbocycles. The van der Waals surface area contributed by atoms with Crippen molar-refractivity contribution in [1.29, 1.82) is 0 Å². The average molecular weight is 679 g/mol. The van der Waals surface area contributed by atoms with Gasteiger partial charge in [0.2, 0.25) is 0 Å². The van der Waals surface area contributed by atoms with Crippen LogP contribution in [-0.2, 0) is 3.12 Å². The second-order valence-electron chi connectivity index (χ2n) is 0.967. The van der Waals surface area contributed by atoms with Gasteiger partial charge in [0, 0.05) is 0 Å². The molecule has 0 atom stereocenters. The average Bonchev–Trinajstić information content (AvgIpc) is 1.24. The molecule has 0 heterocycles. The Morgan fingerprint density at radius 2 is 1.20 bits per heavy atom. The van der Waals surface area contributed by atoms with Gasteiger partial charge < -0.3 is 0 Å². The summed E-state index contributed by atoms with van der Waals surface area (Å²) in [6.07, 6.45) is 0. The summed E-state index contributed by atoms with van der Waals surface area (Å²) < 4.78 is -4.72. The maximum absolute atomic E-state index is 10.4. The summed E-state index contributed by atoms with van der Waals surface area (Å²) in [4.78, 5) is 10.4. The van der Waals surface area contributed by atoms with Crippen molar-refractivity contribution >= 4 is 119 Å². The van der Waals surface area contributed by atoms with Crippen LogP contribution in [-0.4, -0.2) is 60.2 Å². The molecule has 0 aromatic carbocycles. The Kier molecular flexibility index (Phi) is 6.47. The van der Waals surface area contributed by atoms with Crippen molar-refractivity contribution in [3.8, 4) is 0 Å². The monoisotopic (exact) mass is 675 g/mol. The number of rotatable bonds is 1. The SMILES string of the molecule is O=[N+](O)[Ir]([Br])([Br])([Br])([Br])[Br].[KH]. The maximum atomic E-state index is 10.4. The Balaban J connectivity index is 0. The molecule has 10 heteroatoms. The van der Waals surface area contributed by atoms with E-state index in [2.05, 4.69) is 67.5 Å². The van der Waals surface area contributed by atoms with E-state index < -0.39 is 3.12 Å². The Bertz CT molecular complexity index is 155. The second kappa shape index (κ2) is 3.92. The Hall–Kier alpha value is 4.09. The van der Waals surface area contributed by atoms with Gasteiger partial charge in [-0.25, -0.2) is 0 Å². The summed E-state index contributed by atoms with van der Waals surface area (Å²) in [5.41, 5.74) is 0. The molecule has 0 amide bonds. The van der Waals surface area contributed by atoms with Crippen LogP contribution >= 0.6 is 67.5 Å². The van der Waals surface area contributed by atoms with Crippen molar-refractivity contribution in [2.24, 2.45) is 0 Å². The van der Waals surface area contributed by atoms with Crippen molar-refractivity contribution < 1.29 is 11.9 Å². The molecule has 10 heavy (non-hydrogen) atoms. The van der Waals surface area contributed by atoms with Gasteiger partial charge in [-0.1, -0.05) is 0 Å². The van der Waals surface area contributed by atoms with E-state index in [1.54, 1.807) is 0 Å². The zero-order chi connectivity index (χ0) is 7.99. The fourth-order valence-electron chi connectivity index (χ4n) is 0. The fraction of sp³-hybridized carbons (Fsp3) is 0. The van der Waals surface area contributed by atoms with Crippen molar-refractivity contribution in [2.45, 2.75) is 0 Å². The van der Waals surface area contributed by atoms with Gasteiger partial charge in [0.15, 0.2) is 0 Å². The summed E-state index contributed by atoms with van der Waals surface area (Å²) in [5.74, 6) is 0. The fourth-order valence-corrected chi connectivity index (χ4v) is 0. The predicted molar refractivity (Wildman–Crippen MR) is 57.2 cm³/mol. The number of hydrogen-bond donors (Lipinski definition) is 1. The van der Waals surface area contributed by atoms with Crippen LogP contribution in [0.25, 0.3) is 0 Å². The minimum absolute atomic E-state index is 0. The molecule has 0 radical (unpaired) electrons. The summed E-state index contributed by atoms with van der Waals surface area (Å²) in [6, 6.07) is 0. The van der Waals surface area contributed by atoms with Gasteiger partial charge in [-0.3, -0.25) is 0 Å². The summed E-state index contributed by atoms with van der Waals surface area (Å²) >= 11 is 14.8. The van der Waals surface area contributed by atoms with Crippen LogP contribution in [0.1, 0.15) is 0 Å². The minimum atomic E-state index is -4.47. The normalized spacial score (nSPS) is 18.1. The van der Waals surface area contributed by atoms with Crippen LogP contribution in [0.4, 0.5) is 0 Å². The molecule has 0 unspecified atom stereocenters. The molecule has 0 aromatic rings. The number of halogens is 5. The van der Waals surface area contributed by atoms with E-state index in [9.17, 15) is 4.91 Å². The first-order valence-corrected chi connectivity index (χ1v) is 28.4. The van der Waals surface area contributed by atoms with Crippen LogP contribution in [0.15, 0.2) is 0 Å². The summed E-state index contributed by atoms with van der Waals surface area (Å²) in [6.45, 7) is 0. The van der Waals surface area contributed by atoms with E-state index in [4.69, 9.17) is 5.21 Å². The topological polar surface area (TPSA) is 40.3 Å². The molecular formula is H2Br5IrKNO2+. The van der Waals surface area contributed by atoms with Crippen molar-refractivity contribution in [2.75, 3.05) is 0 Å². The first kappa shape index (κ1) is 16.5. The third kappa shape index (κ3) is 7.49. The molecule has 63 valence electrons. The summed E-state index contributed by atoms with van der Waals surface area (Å²) in [7, 11) is 0. The predicted octanol–water partition coefficient (Wildman–Crippen LogP) is 3.20. The number of hydrogen-bond acceptors (Lipinski definition) is 1. The van der Waals surface area contributed by atoms with E-state index in [0.717, 1.165) is 0 Å². The molecule has 3 nitrogen and oxygen atoms in total. The number of nitrogens with zero attached hydrogens (tertiary/aromatic N) is 1. The quantitative estimate of drug-likeness (QED) is 0.342. The van der Waals surface area contributed by atoms with E-state index in [-0.39, 0.29) is 55.0 Å². The van der Waals surface area contributed by atoms with Gasteiger partial charge >= 0.3 is 136 Å². The molecule has 0 aliphatic heterocycles. The first-order valence-electron chi connectivity index (χ1n) is 1.16. The zero-order valence-electron chi connectivity index (χ0n) is 3.53. The van der Waals surface area contributed by atoms with Crippen LogP contribution < -0.4 is 0 Å². The first-order chi connectivity index (χ1) is 3.43. The molecular weight excluding hydrogens is 677 g/mol. The van der Waals surface area contributed by atoms with Gasteiger partial charge in [-0.2, -0.15) is 0 Å². The van der Waals surface area contributed by atoms with Crippen LogP contribution in [0.3, 0.4) is 0 Å². The zero-order valence-corrected chi connectivity index (χ0v) is 13.9. The van der Waals surface area contributed by atoms with Crippen LogP contribution in [0.5, 0.6) is 0 Å². The Morgan fingerprint density at radius 3 is 1.20 bits per heavy atom. The van der Waals surface area contributed by atoms with Gasteiger partial charge in [-0.15, -0.1) is 0 Å². The van der Waals surface area contributed by atoms with E-state index in [0.29, 0.717) is 0 Å². The molecule has 0 aromatic heterocycles. The Labute approximate surface area is 132 Å². The molecule has 1 N–H and O–H groups in total. The molecule has 0 aliphatic rings. The van der Waals surface area contributed by atoms with Crippen LogP contribution in [0.2, 0.25) is 0 Å². The van der Waals surface area contributed by atoms with E-state index in [1.165, 1.54) is 0 Å². The van der Waals surface area contributed by atoms with Gasteiger partial charge in [0.05, 0.1) is 0 Å². The second-order valence-corrected chi connectivity index (χ2v) is 118. The van der Waals surface area contributed by atoms with E-state index >= 15 is 0 Å². The van der Waals surface area contributed by atoms with Gasteiger partial charge in [-0.05, 0) is 0 Å². The third-order valence-corrected chi connectivity index (χ3v) is 10.3. The van der Waals surface area contributed by atoms with Crippen molar-refractivity contribution in [1.82, 2.24) is 0 Å². The van der Waals surface area contributed by atoms with Crippen LogP contribution in [0, 0.1) is 4.91 Å².